The van der Waals surface area contributed by atoms with Gasteiger partial charge in [0.1, 0.15) is 0 Å². The maximum atomic E-state index is 13.1. The number of aromatic nitrogens is 1. The fourth-order valence-electron chi connectivity index (χ4n) is 4.05. The third-order valence-corrected chi connectivity index (χ3v) is 5.87. The highest BCUT2D eigenvalue weighted by Crippen LogP contribution is 2.26. The van der Waals surface area contributed by atoms with Crippen LogP contribution in [0.1, 0.15) is 47.8 Å². The minimum Gasteiger partial charge on any atom is -0.354 e. The van der Waals surface area contributed by atoms with Crippen molar-refractivity contribution < 1.29 is 9.59 Å². The number of aromatic amines is 1. The molecule has 4 rings (SSSR count). The van der Waals surface area contributed by atoms with Gasteiger partial charge in [-0.2, -0.15) is 0 Å². The fourth-order valence-corrected chi connectivity index (χ4v) is 4.23. The summed E-state index contributed by atoms with van der Waals surface area (Å²) in [6.45, 7) is 5.54. The number of hydrogen-bond donors (Lipinski definition) is 2. The van der Waals surface area contributed by atoms with Gasteiger partial charge in [0.05, 0.1) is 11.3 Å². The van der Waals surface area contributed by atoms with Gasteiger partial charge in [-0.3, -0.25) is 9.59 Å². The van der Waals surface area contributed by atoms with E-state index in [1.54, 1.807) is 12.1 Å². The zero-order valence-corrected chi connectivity index (χ0v) is 18.6. The summed E-state index contributed by atoms with van der Waals surface area (Å²) in [6, 6.07) is 13.0. The normalized spacial score (nSPS) is 14.3. The zero-order valence-electron chi connectivity index (χ0n) is 17.8. The Morgan fingerprint density at radius 1 is 1.13 bits per heavy atom. The highest BCUT2D eigenvalue weighted by molar-refractivity contribution is 6.31. The molecule has 0 bridgehead atoms. The first kappa shape index (κ1) is 21.2. The number of nitrogens with zero attached hydrogens (tertiary/aromatic N) is 1. The highest BCUT2D eigenvalue weighted by Gasteiger charge is 2.21. The molecule has 2 aromatic carbocycles. The Labute approximate surface area is 187 Å². The maximum absolute atomic E-state index is 13.1. The second-order valence-corrected chi connectivity index (χ2v) is 8.36. The molecule has 2 amide bonds. The minimum absolute atomic E-state index is 0.0659. The van der Waals surface area contributed by atoms with Crippen molar-refractivity contribution in [3.05, 3.63) is 70.4 Å². The molecule has 2 N–H and O–H groups in total. The number of amides is 2. The largest absolute Gasteiger partial charge is 0.354 e. The van der Waals surface area contributed by atoms with Crippen LogP contribution in [0.5, 0.6) is 0 Å². The Bertz CT molecular complexity index is 1170. The molecule has 160 valence electrons. The second-order valence-electron chi connectivity index (χ2n) is 7.92. The number of carbonyl (C=O) groups excluding carboxylic acids is 2. The molecule has 5 nitrogen and oxygen atoms in total. The van der Waals surface area contributed by atoms with E-state index in [0.29, 0.717) is 21.8 Å². The number of anilines is 1. The second kappa shape index (κ2) is 8.98. The first-order valence-corrected chi connectivity index (χ1v) is 11.0. The van der Waals surface area contributed by atoms with E-state index < -0.39 is 0 Å². The standard InChI is InChI=1S/C25H26ClN3O2/c1-3-6-21(23-15-17-14-18(26)7-10-22(17)28-23)24(30)27-19-8-9-20(16(2)13-19)25(31)29-11-4-5-12-29/h6-10,13-15,28H,3-5,11-12H2,1-2H3,(H,27,30). The highest BCUT2D eigenvalue weighted by atomic mass is 35.5. The van der Waals surface area contributed by atoms with E-state index in [1.807, 2.05) is 55.2 Å². The van der Waals surface area contributed by atoms with Crippen molar-refractivity contribution in [1.82, 2.24) is 9.88 Å². The van der Waals surface area contributed by atoms with Crippen molar-refractivity contribution in [1.29, 1.82) is 0 Å². The summed E-state index contributed by atoms with van der Waals surface area (Å²) in [6.07, 6.45) is 4.75. The van der Waals surface area contributed by atoms with Gasteiger partial charge in [0.25, 0.3) is 11.8 Å². The van der Waals surface area contributed by atoms with Gasteiger partial charge in [0.2, 0.25) is 0 Å². The minimum atomic E-state index is -0.197. The van der Waals surface area contributed by atoms with E-state index in [2.05, 4.69) is 10.3 Å². The molecular formula is C25H26ClN3O2. The number of fused-ring (bicyclic) bond motifs is 1. The Hall–Kier alpha value is -3.05. The van der Waals surface area contributed by atoms with Crippen LogP contribution in [0, 0.1) is 6.92 Å². The Morgan fingerprint density at radius 2 is 1.90 bits per heavy atom. The number of allylic oxidation sites excluding steroid dienone is 1. The Kier molecular flexibility index (Phi) is 6.14. The average molecular weight is 436 g/mol. The summed E-state index contributed by atoms with van der Waals surface area (Å²) in [5, 5.41) is 4.59. The number of aryl methyl sites for hydroxylation is 1. The van der Waals surface area contributed by atoms with Gasteiger partial charge in [-0.1, -0.05) is 24.6 Å². The molecular weight excluding hydrogens is 410 g/mol. The fraction of sp³-hybridized carbons (Fsp3) is 0.280. The predicted molar refractivity (Wildman–Crippen MR) is 127 cm³/mol. The van der Waals surface area contributed by atoms with Gasteiger partial charge in [-0.05, 0) is 74.2 Å². The maximum Gasteiger partial charge on any atom is 0.257 e. The Morgan fingerprint density at radius 3 is 2.61 bits per heavy atom. The van der Waals surface area contributed by atoms with Crippen LogP contribution >= 0.6 is 11.6 Å². The lowest BCUT2D eigenvalue weighted by atomic mass is 10.1. The van der Waals surface area contributed by atoms with Gasteiger partial charge < -0.3 is 15.2 Å². The first-order chi connectivity index (χ1) is 15.0. The number of H-pyrrole nitrogens is 1. The number of halogens is 1. The molecule has 0 aliphatic carbocycles. The van der Waals surface area contributed by atoms with E-state index in [4.69, 9.17) is 11.6 Å². The van der Waals surface area contributed by atoms with Crippen molar-refractivity contribution in [2.75, 3.05) is 18.4 Å². The van der Waals surface area contributed by atoms with Gasteiger partial charge in [0, 0.05) is 40.3 Å². The van der Waals surface area contributed by atoms with Crippen molar-refractivity contribution >= 4 is 45.6 Å². The van der Waals surface area contributed by atoms with Gasteiger partial charge in [0.15, 0.2) is 0 Å². The summed E-state index contributed by atoms with van der Waals surface area (Å²) in [5.74, 6) is -0.131. The molecule has 0 unspecified atom stereocenters. The lowest BCUT2D eigenvalue weighted by Gasteiger charge is -2.17. The van der Waals surface area contributed by atoms with Crippen LogP contribution in [-0.4, -0.2) is 34.8 Å². The molecule has 0 spiro atoms. The number of nitrogens with one attached hydrogen (secondary N) is 2. The monoisotopic (exact) mass is 435 g/mol. The number of likely N-dealkylation sites (tertiary alicyclic amines) is 1. The molecule has 31 heavy (non-hydrogen) atoms. The van der Waals surface area contributed by atoms with E-state index in [-0.39, 0.29) is 11.8 Å². The van der Waals surface area contributed by atoms with E-state index in [0.717, 1.165) is 54.5 Å². The lowest BCUT2D eigenvalue weighted by Crippen LogP contribution is -2.28. The molecule has 1 aromatic heterocycles. The van der Waals surface area contributed by atoms with Crippen molar-refractivity contribution in [2.24, 2.45) is 0 Å². The SMILES string of the molecule is CCC=C(C(=O)Nc1ccc(C(=O)N2CCCC2)c(C)c1)c1cc2cc(Cl)ccc2[nH]1. The van der Waals surface area contributed by atoms with Crippen LogP contribution in [0.2, 0.25) is 5.02 Å². The van der Waals surface area contributed by atoms with Crippen LogP contribution in [0.25, 0.3) is 16.5 Å². The summed E-state index contributed by atoms with van der Waals surface area (Å²) in [4.78, 5) is 31.0. The number of benzene rings is 2. The number of rotatable bonds is 5. The molecule has 1 saturated heterocycles. The van der Waals surface area contributed by atoms with Crippen LogP contribution in [0.3, 0.4) is 0 Å². The summed E-state index contributed by atoms with van der Waals surface area (Å²) in [5.41, 5.74) is 4.46. The summed E-state index contributed by atoms with van der Waals surface area (Å²) in [7, 11) is 0. The molecule has 3 aromatic rings. The molecule has 0 saturated carbocycles. The van der Waals surface area contributed by atoms with Crippen molar-refractivity contribution in [3.63, 3.8) is 0 Å². The average Bonchev–Trinajstić information content (AvgIpc) is 3.41. The van der Waals surface area contributed by atoms with E-state index in [9.17, 15) is 9.59 Å². The van der Waals surface area contributed by atoms with E-state index in [1.165, 1.54) is 0 Å². The van der Waals surface area contributed by atoms with Crippen LogP contribution in [0.15, 0.2) is 48.5 Å². The van der Waals surface area contributed by atoms with E-state index >= 15 is 0 Å². The lowest BCUT2D eigenvalue weighted by molar-refractivity contribution is -0.111. The summed E-state index contributed by atoms with van der Waals surface area (Å²) < 4.78 is 0. The quantitative estimate of drug-likeness (QED) is 0.497. The van der Waals surface area contributed by atoms with Gasteiger partial charge in [-0.25, -0.2) is 0 Å². The molecule has 0 radical (unpaired) electrons. The van der Waals surface area contributed by atoms with Crippen LogP contribution < -0.4 is 5.32 Å². The molecule has 2 heterocycles. The molecule has 0 atom stereocenters. The Balaban J connectivity index is 1.55. The molecule has 1 aliphatic heterocycles. The zero-order chi connectivity index (χ0) is 22.0. The van der Waals surface area contributed by atoms with Crippen LogP contribution in [0.4, 0.5) is 5.69 Å². The summed E-state index contributed by atoms with van der Waals surface area (Å²) >= 11 is 6.10. The first-order valence-electron chi connectivity index (χ1n) is 10.7. The number of hydrogen-bond acceptors (Lipinski definition) is 2. The molecule has 6 heteroatoms. The van der Waals surface area contributed by atoms with Gasteiger partial charge in [-0.15, -0.1) is 0 Å². The van der Waals surface area contributed by atoms with Gasteiger partial charge >= 0.3 is 0 Å². The topological polar surface area (TPSA) is 65.2 Å². The smallest absolute Gasteiger partial charge is 0.257 e. The number of carbonyl (C=O) groups is 2. The molecule has 1 fully saturated rings. The third kappa shape index (κ3) is 4.52. The van der Waals surface area contributed by atoms with Crippen LogP contribution in [-0.2, 0) is 4.79 Å². The van der Waals surface area contributed by atoms with Crippen molar-refractivity contribution in [2.45, 2.75) is 33.1 Å². The third-order valence-electron chi connectivity index (χ3n) is 5.63. The molecule has 1 aliphatic rings. The van der Waals surface area contributed by atoms with Crippen molar-refractivity contribution in [3.8, 4) is 0 Å². The predicted octanol–water partition coefficient (Wildman–Crippen LogP) is 5.80.